The number of carbonyl (C=O) groups is 1. The minimum atomic E-state index is -0.421. The van der Waals surface area contributed by atoms with Crippen molar-refractivity contribution < 1.29 is 9.53 Å². The molecule has 0 N–H and O–H groups in total. The number of aryl methyl sites for hydroxylation is 1. The maximum Gasteiger partial charge on any atom is 0.265 e. The fourth-order valence-electron chi connectivity index (χ4n) is 2.84. The van der Waals surface area contributed by atoms with Crippen LogP contribution < -0.4 is 4.74 Å². The van der Waals surface area contributed by atoms with Crippen LogP contribution in [0.2, 0.25) is 0 Å². The highest BCUT2D eigenvalue weighted by molar-refractivity contribution is 7.99. The number of amides is 1. The van der Waals surface area contributed by atoms with E-state index in [4.69, 9.17) is 4.74 Å². The van der Waals surface area contributed by atoms with Gasteiger partial charge in [0, 0.05) is 23.7 Å². The summed E-state index contributed by atoms with van der Waals surface area (Å²) in [4.78, 5) is 15.6. The number of nitrogens with zero attached hydrogens (tertiary/aromatic N) is 4. The molecule has 22 heavy (non-hydrogen) atoms. The molecule has 0 bridgehead atoms. The topological polar surface area (TPSA) is 60.2 Å². The van der Waals surface area contributed by atoms with Crippen molar-refractivity contribution in [1.82, 2.24) is 19.7 Å². The average Bonchev–Trinajstić information content (AvgIpc) is 2.94. The van der Waals surface area contributed by atoms with Gasteiger partial charge < -0.3 is 14.2 Å². The van der Waals surface area contributed by atoms with Gasteiger partial charge in [0.1, 0.15) is 11.6 Å². The minimum Gasteiger partial charge on any atom is -0.479 e. The van der Waals surface area contributed by atoms with E-state index in [0.29, 0.717) is 18.8 Å². The molecule has 3 heterocycles. The number of carbonyl (C=O) groups excluding carboxylic acids is 1. The summed E-state index contributed by atoms with van der Waals surface area (Å²) in [5.74, 6) is 3.24. The van der Waals surface area contributed by atoms with E-state index >= 15 is 0 Å². The van der Waals surface area contributed by atoms with E-state index in [1.54, 1.807) is 11.8 Å². The standard InChI is InChI=1S/C15H16N4O2S/c1-10-16-17-14-8-18(6-7-19(10)14)15(20)12-9-22-13-5-3-2-4-11(13)21-12/h2-5,12H,6-9H2,1H3/t12-/m1/s1. The fraction of sp³-hybridized carbons (Fsp3) is 0.400. The third-order valence-corrected chi connectivity index (χ3v) is 5.15. The number of para-hydroxylation sites is 1. The molecule has 1 amide bonds. The maximum absolute atomic E-state index is 12.7. The van der Waals surface area contributed by atoms with Crippen LogP contribution in [0.15, 0.2) is 29.2 Å². The molecule has 6 nitrogen and oxygen atoms in total. The molecule has 114 valence electrons. The summed E-state index contributed by atoms with van der Waals surface area (Å²) in [6, 6.07) is 7.85. The predicted molar refractivity (Wildman–Crippen MR) is 81.8 cm³/mol. The number of ether oxygens (including phenoxy) is 1. The monoisotopic (exact) mass is 316 g/mol. The summed E-state index contributed by atoms with van der Waals surface area (Å²) in [7, 11) is 0. The molecule has 0 radical (unpaired) electrons. The van der Waals surface area contributed by atoms with Gasteiger partial charge in [-0.2, -0.15) is 0 Å². The Morgan fingerprint density at radius 3 is 3.09 bits per heavy atom. The largest absolute Gasteiger partial charge is 0.479 e. The number of thioether (sulfide) groups is 1. The highest BCUT2D eigenvalue weighted by Crippen LogP contribution is 2.35. The van der Waals surface area contributed by atoms with E-state index in [9.17, 15) is 4.79 Å². The van der Waals surface area contributed by atoms with Crippen LogP contribution in [0.3, 0.4) is 0 Å². The normalized spacial score (nSPS) is 20.0. The Kier molecular flexibility index (Phi) is 3.29. The van der Waals surface area contributed by atoms with Gasteiger partial charge in [-0.3, -0.25) is 4.79 Å². The highest BCUT2D eigenvalue weighted by Gasteiger charge is 2.32. The lowest BCUT2D eigenvalue weighted by atomic mass is 10.2. The molecule has 2 aliphatic rings. The summed E-state index contributed by atoms with van der Waals surface area (Å²) < 4.78 is 7.95. The van der Waals surface area contributed by atoms with Crippen molar-refractivity contribution in [2.24, 2.45) is 0 Å². The minimum absolute atomic E-state index is 0.0360. The van der Waals surface area contributed by atoms with Gasteiger partial charge >= 0.3 is 0 Å². The molecule has 1 aromatic heterocycles. The van der Waals surface area contributed by atoms with Crippen molar-refractivity contribution in [1.29, 1.82) is 0 Å². The van der Waals surface area contributed by atoms with Gasteiger partial charge in [0.15, 0.2) is 11.9 Å². The van der Waals surface area contributed by atoms with Crippen LogP contribution in [-0.4, -0.2) is 44.0 Å². The van der Waals surface area contributed by atoms with Gasteiger partial charge in [-0.15, -0.1) is 22.0 Å². The molecule has 1 aromatic carbocycles. The zero-order chi connectivity index (χ0) is 15.1. The molecule has 2 aliphatic heterocycles. The van der Waals surface area contributed by atoms with E-state index in [1.165, 1.54) is 0 Å². The van der Waals surface area contributed by atoms with E-state index in [-0.39, 0.29) is 5.91 Å². The van der Waals surface area contributed by atoms with Crippen molar-refractivity contribution in [3.63, 3.8) is 0 Å². The Morgan fingerprint density at radius 1 is 1.32 bits per heavy atom. The Balaban J connectivity index is 1.49. The Labute approximate surface area is 132 Å². The van der Waals surface area contributed by atoms with Crippen molar-refractivity contribution in [3.8, 4) is 5.75 Å². The second-order valence-corrected chi connectivity index (χ2v) is 6.50. The molecule has 0 saturated carbocycles. The molecular weight excluding hydrogens is 300 g/mol. The Bertz CT molecular complexity index is 730. The first-order chi connectivity index (χ1) is 10.7. The molecule has 4 rings (SSSR count). The van der Waals surface area contributed by atoms with Crippen LogP contribution in [0, 0.1) is 6.92 Å². The first-order valence-corrected chi connectivity index (χ1v) is 8.27. The Hall–Kier alpha value is -2.02. The van der Waals surface area contributed by atoms with Gasteiger partial charge in [0.25, 0.3) is 5.91 Å². The van der Waals surface area contributed by atoms with Crippen molar-refractivity contribution in [3.05, 3.63) is 35.9 Å². The van der Waals surface area contributed by atoms with Crippen molar-refractivity contribution >= 4 is 17.7 Å². The van der Waals surface area contributed by atoms with E-state index in [1.807, 2.05) is 36.1 Å². The zero-order valence-corrected chi connectivity index (χ0v) is 13.0. The van der Waals surface area contributed by atoms with E-state index in [2.05, 4.69) is 14.8 Å². The SMILES string of the molecule is Cc1nnc2n1CCN(C(=O)[C@H]1CSc3ccccc3O1)C2. The maximum atomic E-state index is 12.7. The number of fused-ring (bicyclic) bond motifs is 2. The van der Waals surface area contributed by atoms with Crippen molar-refractivity contribution in [2.45, 2.75) is 31.0 Å². The van der Waals surface area contributed by atoms with E-state index in [0.717, 1.165) is 28.8 Å². The predicted octanol–water partition coefficient (Wildman–Crippen LogP) is 1.48. The molecule has 0 aliphatic carbocycles. The van der Waals surface area contributed by atoms with Crippen molar-refractivity contribution in [2.75, 3.05) is 12.3 Å². The van der Waals surface area contributed by atoms with E-state index < -0.39 is 6.10 Å². The zero-order valence-electron chi connectivity index (χ0n) is 12.2. The molecule has 7 heteroatoms. The van der Waals surface area contributed by atoms with Crippen LogP contribution >= 0.6 is 11.8 Å². The number of aromatic nitrogens is 3. The van der Waals surface area contributed by atoms with Gasteiger partial charge in [-0.05, 0) is 19.1 Å². The van der Waals surface area contributed by atoms with Crippen LogP contribution in [0.4, 0.5) is 0 Å². The average molecular weight is 316 g/mol. The van der Waals surface area contributed by atoms with Crippen LogP contribution in [0.25, 0.3) is 0 Å². The van der Waals surface area contributed by atoms with Gasteiger partial charge in [0.05, 0.1) is 6.54 Å². The van der Waals surface area contributed by atoms with Gasteiger partial charge in [0.2, 0.25) is 0 Å². The Morgan fingerprint density at radius 2 is 2.18 bits per heavy atom. The number of rotatable bonds is 1. The van der Waals surface area contributed by atoms with Crippen LogP contribution in [-0.2, 0) is 17.9 Å². The lowest BCUT2D eigenvalue weighted by Crippen LogP contribution is -2.47. The second-order valence-electron chi connectivity index (χ2n) is 5.44. The van der Waals surface area contributed by atoms with Crippen LogP contribution in [0.1, 0.15) is 11.6 Å². The lowest BCUT2D eigenvalue weighted by Gasteiger charge is -2.32. The van der Waals surface area contributed by atoms with Gasteiger partial charge in [-0.25, -0.2) is 0 Å². The third kappa shape index (κ3) is 2.25. The summed E-state index contributed by atoms with van der Waals surface area (Å²) in [6.07, 6.45) is -0.421. The smallest absolute Gasteiger partial charge is 0.265 e. The number of hydrogen-bond acceptors (Lipinski definition) is 5. The molecule has 1 atom stereocenters. The summed E-state index contributed by atoms with van der Waals surface area (Å²) in [5.41, 5.74) is 0. The first-order valence-electron chi connectivity index (χ1n) is 7.28. The first kappa shape index (κ1) is 13.6. The number of benzene rings is 1. The fourth-order valence-corrected chi connectivity index (χ4v) is 3.81. The number of hydrogen-bond donors (Lipinski definition) is 0. The molecule has 0 unspecified atom stereocenters. The summed E-state index contributed by atoms with van der Waals surface area (Å²) in [5, 5.41) is 8.22. The van der Waals surface area contributed by atoms with Gasteiger partial charge in [-0.1, -0.05) is 12.1 Å². The second kappa shape index (κ2) is 5.31. The summed E-state index contributed by atoms with van der Waals surface area (Å²) in [6.45, 7) is 3.87. The quantitative estimate of drug-likeness (QED) is 0.797. The summed E-state index contributed by atoms with van der Waals surface area (Å²) >= 11 is 1.67. The van der Waals surface area contributed by atoms with Crippen LogP contribution in [0.5, 0.6) is 5.75 Å². The lowest BCUT2D eigenvalue weighted by molar-refractivity contribution is -0.139. The molecular formula is C15H16N4O2S. The molecule has 0 fully saturated rings. The molecule has 0 spiro atoms. The third-order valence-electron chi connectivity index (χ3n) is 4.03. The molecule has 2 aromatic rings. The molecule has 0 saturated heterocycles. The highest BCUT2D eigenvalue weighted by atomic mass is 32.2.